The molecule has 0 aliphatic heterocycles. The summed E-state index contributed by atoms with van der Waals surface area (Å²) >= 11 is 0. The van der Waals surface area contributed by atoms with Crippen LogP contribution in [-0.4, -0.2) is 45.1 Å². The summed E-state index contributed by atoms with van der Waals surface area (Å²) in [5.74, 6) is -4.80. The predicted molar refractivity (Wildman–Crippen MR) is 62.7 cm³/mol. The molecule has 0 atom stereocenters. The third-order valence-electron chi connectivity index (χ3n) is 3.12. The van der Waals surface area contributed by atoms with Gasteiger partial charge in [0.2, 0.25) is 0 Å². The summed E-state index contributed by atoms with van der Waals surface area (Å²) in [6.07, 6.45) is -0.202. The molecule has 1 heterocycles. The van der Waals surface area contributed by atoms with Crippen molar-refractivity contribution in [2.75, 3.05) is 6.61 Å². The van der Waals surface area contributed by atoms with Gasteiger partial charge in [-0.2, -0.15) is 0 Å². The number of halogens is 2. The van der Waals surface area contributed by atoms with Crippen LogP contribution < -0.4 is 5.32 Å². The summed E-state index contributed by atoms with van der Waals surface area (Å²) in [7, 11) is 0. The first-order valence-corrected chi connectivity index (χ1v) is 5.77. The number of carboxylic acid groups (broad SMARTS) is 1. The average Bonchev–Trinajstić information content (AvgIpc) is 2.36. The number of hydrogen-bond acceptors (Lipinski definition) is 4. The van der Waals surface area contributed by atoms with E-state index >= 15 is 0 Å². The zero-order valence-electron chi connectivity index (χ0n) is 10.3. The number of carbonyl (C=O) groups excluding carboxylic acids is 1. The maximum Gasteiger partial charge on any atom is 0.354 e. The Morgan fingerprint density at radius 3 is 2.40 bits per heavy atom. The molecule has 1 fully saturated rings. The molecule has 20 heavy (non-hydrogen) atoms. The molecule has 8 heteroatoms. The second kappa shape index (κ2) is 4.78. The highest BCUT2D eigenvalue weighted by atomic mass is 19.3. The van der Waals surface area contributed by atoms with Gasteiger partial charge in [-0.25, -0.2) is 18.6 Å². The SMILES string of the molecule is O=C(NC1(CO)CC(F)(F)C1)c1ccc(C(=O)O)nc1. The first-order valence-electron chi connectivity index (χ1n) is 5.77. The van der Waals surface area contributed by atoms with Gasteiger partial charge >= 0.3 is 5.97 Å². The third-order valence-corrected chi connectivity index (χ3v) is 3.12. The minimum absolute atomic E-state index is 0.0399. The van der Waals surface area contributed by atoms with Crippen LogP contribution in [0.1, 0.15) is 33.7 Å². The molecule has 2 rings (SSSR count). The molecule has 1 saturated carbocycles. The third kappa shape index (κ3) is 2.74. The number of alkyl halides is 2. The fourth-order valence-corrected chi connectivity index (χ4v) is 2.15. The Labute approximate surface area is 112 Å². The summed E-state index contributed by atoms with van der Waals surface area (Å²) in [6.45, 7) is -0.588. The lowest BCUT2D eigenvalue weighted by atomic mass is 9.74. The van der Waals surface area contributed by atoms with Gasteiger partial charge < -0.3 is 15.5 Å². The number of amides is 1. The van der Waals surface area contributed by atoms with E-state index in [1.54, 1.807) is 0 Å². The van der Waals surface area contributed by atoms with Crippen LogP contribution in [0.25, 0.3) is 0 Å². The van der Waals surface area contributed by atoms with Gasteiger partial charge in [-0.05, 0) is 12.1 Å². The molecule has 1 amide bonds. The van der Waals surface area contributed by atoms with Gasteiger partial charge in [0.1, 0.15) is 5.69 Å². The molecule has 0 saturated heterocycles. The Bertz CT molecular complexity index is 537. The lowest BCUT2D eigenvalue weighted by Gasteiger charge is -2.46. The molecule has 1 aromatic heterocycles. The van der Waals surface area contributed by atoms with Gasteiger partial charge in [0.25, 0.3) is 11.8 Å². The maximum absolute atomic E-state index is 12.9. The quantitative estimate of drug-likeness (QED) is 0.755. The molecular formula is C12H12F2N2O4. The summed E-state index contributed by atoms with van der Waals surface area (Å²) in [6, 6.07) is 2.37. The molecule has 1 aliphatic rings. The zero-order chi connectivity index (χ0) is 15.0. The lowest BCUT2D eigenvalue weighted by molar-refractivity contribution is -0.143. The van der Waals surface area contributed by atoms with Crippen molar-refractivity contribution >= 4 is 11.9 Å². The zero-order valence-corrected chi connectivity index (χ0v) is 10.3. The van der Waals surface area contributed by atoms with E-state index in [2.05, 4.69) is 10.3 Å². The van der Waals surface area contributed by atoms with Crippen LogP contribution >= 0.6 is 0 Å². The summed E-state index contributed by atoms with van der Waals surface area (Å²) in [4.78, 5) is 26.0. The number of nitrogens with zero attached hydrogens (tertiary/aromatic N) is 1. The molecule has 1 aliphatic carbocycles. The number of carboxylic acids is 1. The van der Waals surface area contributed by atoms with Gasteiger partial charge in [-0.15, -0.1) is 0 Å². The first kappa shape index (κ1) is 14.3. The molecule has 0 unspecified atom stereocenters. The van der Waals surface area contributed by atoms with Crippen molar-refractivity contribution in [1.29, 1.82) is 0 Å². The minimum atomic E-state index is -2.89. The van der Waals surface area contributed by atoms with Gasteiger partial charge in [0.05, 0.1) is 17.7 Å². The molecule has 0 bridgehead atoms. The number of pyridine rings is 1. The number of aliphatic hydroxyl groups excluding tert-OH is 1. The van der Waals surface area contributed by atoms with Crippen LogP contribution in [0, 0.1) is 0 Å². The highest BCUT2D eigenvalue weighted by molar-refractivity contribution is 5.95. The van der Waals surface area contributed by atoms with Crippen molar-refractivity contribution < 1.29 is 28.6 Å². The summed E-state index contributed by atoms with van der Waals surface area (Å²) in [5.41, 5.74) is -1.52. The Morgan fingerprint density at radius 2 is 2.00 bits per heavy atom. The number of rotatable bonds is 4. The lowest BCUT2D eigenvalue weighted by Crippen LogP contribution is -2.64. The minimum Gasteiger partial charge on any atom is -0.477 e. The number of nitrogens with one attached hydrogen (secondary N) is 1. The monoisotopic (exact) mass is 286 g/mol. The van der Waals surface area contributed by atoms with E-state index in [0.29, 0.717) is 0 Å². The summed E-state index contributed by atoms with van der Waals surface area (Å²) < 4.78 is 25.7. The molecule has 1 aromatic rings. The Hall–Kier alpha value is -2.09. The van der Waals surface area contributed by atoms with Crippen molar-refractivity contribution in [2.45, 2.75) is 24.3 Å². The molecule has 3 N–H and O–H groups in total. The van der Waals surface area contributed by atoms with E-state index in [0.717, 1.165) is 12.3 Å². The number of aliphatic hydroxyl groups is 1. The van der Waals surface area contributed by atoms with E-state index in [-0.39, 0.29) is 11.3 Å². The van der Waals surface area contributed by atoms with E-state index < -0.39 is 42.8 Å². The second-order valence-corrected chi connectivity index (χ2v) is 4.84. The summed E-state index contributed by atoms with van der Waals surface area (Å²) in [5, 5.41) is 20.1. The Morgan fingerprint density at radius 1 is 1.35 bits per heavy atom. The van der Waals surface area contributed by atoms with Gasteiger partial charge in [0, 0.05) is 19.0 Å². The van der Waals surface area contributed by atoms with Crippen molar-refractivity contribution in [3.63, 3.8) is 0 Å². The van der Waals surface area contributed by atoms with Crippen molar-refractivity contribution in [3.8, 4) is 0 Å². The van der Waals surface area contributed by atoms with E-state index in [4.69, 9.17) is 10.2 Å². The van der Waals surface area contributed by atoms with Gasteiger partial charge in [0.15, 0.2) is 0 Å². The van der Waals surface area contributed by atoms with Gasteiger partial charge in [-0.3, -0.25) is 4.79 Å². The number of hydrogen-bond donors (Lipinski definition) is 3. The van der Waals surface area contributed by atoms with Crippen molar-refractivity contribution in [2.24, 2.45) is 0 Å². The van der Waals surface area contributed by atoms with E-state index in [1.165, 1.54) is 6.07 Å². The second-order valence-electron chi connectivity index (χ2n) is 4.84. The standard InChI is InChI=1S/C12H12F2N2O4/c13-12(14)4-11(5-12,6-17)16-9(18)7-1-2-8(10(19)20)15-3-7/h1-3,17H,4-6H2,(H,16,18)(H,19,20). The molecule has 0 radical (unpaired) electrons. The van der Waals surface area contributed by atoms with Gasteiger partial charge in [-0.1, -0.05) is 0 Å². The normalized spacial score (nSPS) is 18.9. The molecular weight excluding hydrogens is 274 g/mol. The topological polar surface area (TPSA) is 99.5 Å². The van der Waals surface area contributed by atoms with E-state index in [1.807, 2.05) is 0 Å². The van der Waals surface area contributed by atoms with Crippen LogP contribution in [0.5, 0.6) is 0 Å². The average molecular weight is 286 g/mol. The van der Waals surface area contributed by atoms with Crippen LogP contribution in [0.15, 0.2) is 18.3 Å². The number of aromatic nitrogens is 1. The number of aromatic carboxylic acids is 1. The van der Waals surface area contributed by atoms with Crippen molar-refractivity contribution in [3.05, 3.63) is 29.6 Å². The Balaban J connectivity index is 2.06. The number of carbonyl (C=O) groups is 2. The van der Waals surface area contributed by atoms with Crippen LogP contribution in [0.2, 0.25) is 0 Å². The molecule has 0 aromatic carbocycles. The first-order chi connectivity index (χ1) is 9.27. The smallest absolute Gasteiger partial charge is 0.354 e. The highest BCUT2D eigenvalue weighted by Crippen LogP contribution is 2.45. The predicted octanol–water partition coefficient (Wildman–Crippen LogP) is 0.670. The molecule has 0 spiro atoms. The van der Waals surface area contributed by atoms with Crippen LogP contribution in [-0.2, 0) is 0 Å². The van der Waals surface area contributed by atoms with E-state index in [9.17, 15) is 18.4 Å². The fourth-order valence-electron chi connectivity index (χ4n) is 2.15. The van der Waals surface area contributed by atoms with Crippen LogP contribution in [0.4, 0.5) is 8.78 Å². The fraction of sp³-hybridized carbons (Fsp3) is 0.417. The largest absolute Gasteiger partial charge is 0.477 e. The Kier molecular flexibility index (Phi) is 3.43. The highest BCUT2D eigenvalue weighted by Gasteiger charge is 2.57. The molecule has 6 nitrogen and oxygen atoms in total. The maximum atomic E-state index is 12.9. The van der Waals surface area contributed by atoms with Crippen LogP contribution in [0.3, 0.4) is 0 Å². The molecule has 108 valence electrons. The van der Waals surface area contributed by atoms with Crippen molar-refractivity contribution in [1.82, 2.24) is 10.3 Å².